The van der Waals surface area contributed by atoms with Crippen molar-refractivity contribution in [1.29, 1.82) is 0 Å². The highest BCUT2D eigenvalue weighted by Crippen LogP contribution is 2.39. The van der Waals surface area contributed by atoms with Gasteiger partial charge < -0.3 is 33.9 Å². The Morgan fingerprint density at radius 3 is 2.37 bits per heavy atom. The normalized spacial score (nSPS) is 19.7. The number of imide groups is 1. The number of hydrogen-bond acceptors (Lipinski definition) is 13. The van der Waals surface area contributed by atoms with Gasteiger partial charge in [-0.3, -0.25) is 33.7 Å². The van der Waals surface area contributed by atoms with Gasteiger partial charge in [0.15, 0.2) is 12.4 Å². The molecule has 71 heavy (non-hydrogen) atoms. The molecule has 4 aliphatic rings. The van der Waals surface area contributed by atoms with Crippen molar-refractivity contribution in [2.24, 2.45) is 5.41 Å². The molecule has 0 saturated carbocycles. The average Bonchev–Trinajstić information content (AvgIpc) is 3.60. The lowest BCUT2D eigenvalue weighted by atomic mass is 9.82. The smallest absolute Gasteiger partial charge is 0.291 e. The summed E-state index contributed by atoms with van der Waals surface area (Å²) in [7, 11) is -3.56. The average molecular weight is 1000 g/mol. The van der Waals surface area contributed by atoms with Crippen LogP contribution in [0.15, 0.2) is 60.7 Å². The van der Waals surface area contributed by atoms with Crippen molar-refractivity contribution < 1.29 is 60.9 Å². The molecular formula is C53H68N4O13S. The van der Waals surface area contributed by atoms with Crippen molar-refractivity contribution in [1.82, 2.24) is 19.8 Å². The standard InChI is InChI=1S/C53H68N4O13S/c1-6-52(4,5)48(60)51(63)56-22-8-7-14-42(56)43(58)31-39(19-18-37-17-16-35(2)36(3)29-37)38-11-9-12-40(30-38)70-32-46(59)54-21-23-66-24-25-67-26-27-69-44-15-10-13-41-47(44)50(62)57(49(41)61)45-20-28-71(64,65)55-53(45)33-68-34-53/h9-13,15-17,29-30,39,42,45,55H,6-8,14,18-28,31-34H2,1-5H3,(H,54,59)/t39-,42?,45?/m0/s1. The number of benzene rings is 3. The maximum Gasteiger partial charge on any atom is 0.291 e. The molecule has 4 heterocycles. The fraction of sp³-hybridized carbons (Fsp3) is 0.547. The maximum atomic E-state index is 14.2. The summed E-state index contributed by atoms with van der Waals surface area (Å²) in [6, 6.07) is 17.2. The molecule has 3 aromatic rings. The zero-order chi connectivity index (χ0) is 50.9. The number of nitrogens with one attached hydrogen (secondary N) is 2. The van der Waals surface area contributed by atoms with Gasteiger partial charge in [0.25, 0.3) is 23.6 Å². The number of hydrogen-bond donors (Lipinski definition) is 2. The summed E-state index contributed by atoms with van der Waals surface area (Å²) < 4.78 is 55.7. The molecule has 0 aliphatic carbocycles. The highest BCUT2D eigenvalue weighted by atomic mass is 32.2. The number of Topliss-reactive ketones (excluding diaryl/α,β-unsaturated/α-hetero) is 2. The van der Waals surface area contributed by atoms with Crippen LogP contribution in [0.3, 0.4) is 0 Å². The van der Waals surface area contributed by atoms with Gasteiger partial charge in [0, 0.05) is 24.9 Å². The van der Waals surface area contributed by atoms with Crippen LogP contribution in [0.1, 0.15) is 115 Å². The minimum atomic E-state index is -3.56. The number of carbonyl (C=O) groups is 6. The SMILES string of the molecule is CCC(C)(C)C(=O)C(=O)N1CCCCC1C(=O)C[C@H](CCc1ccc(C)c(C)c1)c1cccc(OCC(=O)NCCOCCOCCOc2cccc3c2C(=O)N(C2CCS(=O)(=O)NC24COC4)C3=O)c1. The van der Waals surface area contributed by atoms with Crippen molar-refractivity contribution in [3.63, 3.8) is 0 Å². The van der Waals surface area contributed by atoms with Gasteiger partial charge in [-0.15, -0.1) is 0 Å². The molecule has 3 atom stereocenters. The maximum absolute atomic E-state index is 14.2. The Morgan fingerprint density at radius 2 is 1.63 bits per heavy atom. The van der Waals surface area contributed by atoms with Crippen molar-refractivity contribution >= 4 is 45.2 Å². The third-order valence-electron chi connectivity index (χ3n) is 14.3. The van der Waals surface area contributed by atoms with E-state index >= 15 is 0 Å². The summed E-state index contributed by atoms with van der Waals surface area (Å²) in [5, 5.41) is 2.79. The Hall–Kier alpha value is -5.53. The first-order valence-electron chi connectivity index (χ1n) is 24.8. The number of nitrogens with zero attached hydrogens (tertiary/aromatic N) is 2. The molecule has 3 saturated heterocycles. The number of ether oxygens (including phenoxy) is 5. The number of rotatable bonds is 24. The van der Waals surface area contributed by atoms with E-state index in [4.69, 9.17) is 23.7 Å². The second kappa shape index (κ2) is 23.3. The molecule has 0 aromatic heterocycles. The molecule has 0 bridgehead atoms. The molecule has 7 rings (SSSR count). The van der Waals surface area contributed by atoms with Gasteiger partial charge >= 0.3 is 0 Å². The highest BCUT2D eigenvalue weighted by molar-refractivity contribution is 7.89. The summed E-state index contributed by atoms with van der Waals surface area (Å²) in [6.45, 7) is 11.1. The van der Waals surface area contributed by atoms with Crippen LogP contribution in [-0.2, 0) is 49.8 Å². The molecular weight excluding hydrogens is 933 g/mol. The van der Waals surface area contributed by atoms with Gasteiger partial charge in [0.2, 0.25) is 15.8 Å². The quantitative estimate of drug-likeness (QED) is 0.0686. The number of likely N-dealkylation sites (tertiary alicyclic amines) is 1. The summed E-state index contributed by atoms with van der Waals surface area (Å²) in [4.78, 5) is 83.6. The molecule has 3 fully saturated rings. The van der Waals surface area contributed by atoms with E-state index in [1.165, 1.54) is 16.0 Å². The lowest BCUT2D eigenvalue weighted by Crippen LogP contribution is -2.75. The number of fused-ring (bicyclic) bond motifs is 1. The molecule has 3 aromatic carbocycles. The highest BCUT2D eigenvalue weighted by Gasteiger charge is 2.58. The molecule has 384 valence electrons. The van der Waals surface area contributed by atoms with Gasteiger partial charge in [-0.1, -0.05) is 57.2 Å². The van der Waals surface area contributed by atoms with Crippen LogP contribution < -0.4 is 19.5 Å². The number of aryl methyl sites for hydroxylation is 3. The predicted molar refractivity (Wildman–Crippen MR) is 263 cm³/mol. The van der Waals surface area contributed by atoms with Crippen molar-refractivity contribution in [3.8, 4) is 11.5 Å². The zero-order valence-electron chi connectivity index (χ0n) is 41.6. The van der Waals surface area contributed by atoms with E-state index < -0.39 is 56.6 Å². The molecule has 4 amide bonds. The van der Waals surface area contributed by atoms with Crippen molar-refractivity contribution in [3.05, 3.63) is 94.0 Å². The monoisotopic (exact) mass is 1000 g/mol. The van der Waals surface area contributed by atoms with Gasteiger partial charge in [-0.25, -0.2) is 13.1 Å². The van der Waals surface area contributed by atoms with E-state index in [2.05, 4.69) is 42.1 Å². The Labute approximate surface area is 416 Å². The number of piperidine rings is 1. The summed E-state index contributed by atoms with van der Waals surface area (Å²) in [5.74, 6) is -2.19. The van der Waals surface area contributed by atoms with Crippen LogP contribution >= 0.6 is 0 Å². The van der Waals surface area contributed by atoms with Crippen molar-refractivity contribution in [2.75, 3.05) is 71.7 Å². The van der Waals surface area contributed by atoms with Gasteiger partial charge in [-0.2, -0.15) is 0 Å². The first-order chi connectivity index (χ1) is 33.9. The Balaban J connectivity index is 0.836. The van der Waals surface area contributed by atoms with Crippen LogP contribution in [0.2, 0.25) is 0 Å². The van der Waals surface area contributed by atoms with E-state index in [1.807, 2.05) is 25.1 Å². The number of ketones is 2. The largest absolute Gasteiger partial charge is 0.490 e. The third kappa shape index (κ3) is 12.8. The Kier molecular flexibility index (Phi) is 17.5. The Morgan fingerprint density at radius 1 is 0.887 bits per heavy atom. The molecule has 2 N–H and O–H groups in total. The van der Waals surface area contributed by atoms with E-state index in [9.17, 15) is 37.2 Å². The Bertz CT molecular complexity index is 2580. The van der Waals surface area contributed by atoms with Crippen LogP contribution in [0, 0.1) is 19.3 Å². The first kappa shape index (κ1) is 53.3. The minimum absolute atomic E-state index is 0.0633. The molecule has 0 radical (unpaired) electrons. The molecule has 2 unspecified atom stereocenters. The van der Waals surface area contributed by atoms with Crippen LogP contribution in [0.5, 0.6) is 11.5 Å². The fourth-order valence-corrected chi connectivity index (χ4v) is 11.1. The van der Waals surface area contributed by atoms with Crippen LogP contribution in [0.25, 0.3) is 0 Å². The lowest BCUT2D eigenvalue weighted by Gasteiger charge is -2.51. The predicted octanol–water partition coefficient (Wildman–Crippen LogP) is 5.03. The van der Waals surface area contributed by atoms with Crippen LogP contribution in [-0.4, -0.2) is 143 Å². The molecule has 1 spiro atoms. The first-order valence-corrected chi connectivity index (χ1v) is 26.4. The van der Waals surface area contributed by atoms with Crippen LogP contribution in [0.4, 0.5) is 0 Å². The fourth-order valence-electron chi connectivity index (χ4n) is 9.61. The van der Waals surface area contributed by atoms with Crippen molar-refractivity contribution in [2.45, 2.75) is 110 Å². The summed E-state index contributed by atoms with van der Waals surface area (Å²) >= 11 is 0. The number of sulfonamides is 1. The lowest BCUT2D eigenvalue weighted by molar-refractivity contribution is -0.153. The zero-order valence-corrected chi connectivity index (χ0v) is 42.4. The molecule has 17 nitrogen and oxygen atoms in total. The van der Waals surface area contributed by atoms with Gasteiger partial charge in [-0.05, 0) is 111 Å². The number of carbonyl (C=O) groups excluding carboxylic acids is 6. The number of amides is 4. The third-order valence-corrected chi connectivity index (χ3v) is 15.8. The van der Waals surface area contributed by atoms with E-state index in [-0.39, 0.29) is 112 Å². The molecule has 4 aliphatic heterocycles. The van der Waals surface area contributed by atoms with E-state index in [1.54, 1.807) is 38.1 Å². The van der Waals surface area contributed by atoms with Gasteiger partial charge in [0.05, 0.1) is 68.6 Å². The van der Waals surface area contributed by atoms with E-state index in [0.29, 0.717) is 31.6 Å². The topological polar surface area (TPSA) is 213 Å². The second-order valence-electron chi connectivity index (χ2n) is 19.7. The van der Waals surface area contributed by atoms with E-state index in [0.717, 1.165) is 35.3 Å². The molecule has 18 heteroatoms. The second-order valence-corrected chi connectivity index (χ2v) is 21.6. The summed E-state index contributed by atoms with van der Waals surface area (Å²) in [5.41, 5.74) is 2.91. The minimum Gasteiger partial charge on any atom is -0.490 e. The van der Waals surface area contributed by atoms with Gasteiger partial charge in [0.1, 0.15) is 23.6 Å². The summed E-state index contributed by atoms with van der Waals surface area (Å²) in [6.07, 6.45) is 4.26.